The highest BCUT2D eigenvalue weighted by Gasteiger charge is 2.20. The highest BCUT2D eigenvalue weighted by Crippen LogP contribution is 2.47. The van der Waals surface area contributed by atoms with Gasteiger partial charge in [-0.3, -0.25) is 0 Å². The summed E-state index contributed by atoms with van der Waals surface area (Å²) in [6.45, 7) is 0. The Hall–Kier alpha value is -5.97. The van der Waals surface area contributed by atoms with E-state index in [9.17, 15) is 4.39 Å². The minimum Gasteiger partial charge on any atom is -0.455 e. The molecule has 0 aliphatic heterocycles. The van der Waals surface area contributed by atoms with Crippen molar-refractivity contribution in [2.75, 3.05) is 4.90 Å². The van der Waals surface area contributed by atoms with Crippen LogP contribution in [0.4, 0.5) is 21.5 Å². The second-order valence-corrected chi connectivity index (χ2v) is 13.3. The summed E-state index contributed by atoms with van der Waals surface area (Å²) in [6, 6.07) is 54.0. The SMILES string of the molecule is Fc1ccc(N(c2ccc(-c3cc4c5ccccc5oc4c4ccccc34)cc2)c2cc3c4ccccc4sc3c3ccccc23)cc1. The zero-order valence-corrected chi connectivity index (χ0v) is 26.5. The predicted octanol–water partition coefficient (Wildman–Crippen LogP) is 13.5. The van der Waals surface area contributed by atoms with E-state index in [2.05, 4.69) is 126 Å². The smallest absolute Gasteiger partial charge is 0.143 e. The van der Waals surface area contributed by atoms with Gasteiger partial charge in [0.15, 0.2) is 0 Å². The molecule has 0 saturated carbocycles. The average molecular weight is 636 g/mol. The molecule has 0 spiro atoms. The van der Waals surface area contributed by atoms with Crippen molar-refractivity contribution in [2.24, 2.45) is 0 Å². The summed E-state index contributed by atoms with van der Waals surface area (Å²) in [4.78, 5) is 2.25. The van der Waals surface area contributed by atoms with E-state index < -0.39 is 0 Å². The summed E-state index contributed by atoms with van der Waals surface area (Å²) in [5.74, 6) is -0.257. The van der Waals surface area contributed by atoms with Crippen LogP contribution in [0.1, 0.15) is 0 Å². The normalized spacial score (nSPS) is 11.9. The van der Waals surface area contributed by atoms with Gasteiger partial charge >= 0.3 is 0 Å². The quantitative estimate of drug-likeness (QED) is 0.191. The standard InChI is InChI=1S/C44H26FNOS/c45-28-19-23-30(24-20-28)46(40-26-39-34-12-6-8-16-42(34)48-44(39)36-14-4-2-10-32(36)40)29-21-17-27(18-22-29)37-25-38-33-11-5-7-15-41(33)47-43(38)35-13-3-1-9-31(35)37/h1-26H. The molecule has 2 heterocycles. The fourth-order valence-electron chi connectivity index (χ4n) is 7.31. The van der Waals surface area contributed by atoms with Crippen molar-refractivity contribution in [2.45, 2.75) is 0 Å². The maximum atomic E-state index is 14.3. The highest BCUT2D eigenvalue weighted by molar-refractivity contribution is 7.26. The van der Waals surface area contributed by atoms with Crippen molar-refractivity contribution in [3.8, 4) is 11.1 Å². The lowest BCUT2D eigenvalue weighted by Gasteiger charge is -2.27. The lowest BCUT2D eigenvalue weighted by Crippen LogP contribution is -2.10. The lowest BCUT2D eigenvalue weighted by atomic mass is 9.95. The molecule has 0 unspecified atom stereocenters. The first kappa shape index (κ1) is 27.2. The molecule has 2 nitrogen and oxygen atoms in total. The molecule has 0 radical (unpaired) electrons. The fourth-order valence-corrected chi connectivity index (χ4v) is 8.53. The third kappa shape index (κ3) is 4.09. The van der Waals surface area contributed by atoms with Gasteiger partial charge in [0.05, 0.1) is 5.69 Å². The van der Waals surface area contributed by atoms with E-state index >= 15 is 0 Å². The van der Waals surface area contributed by atoms with Gasteiger partial charge < -0.3 is 9.32 Å². The predicted molar refractivity (Wildman–Crippen MR) is 202 cm³/mol. The van der Waals surface area contributed by atoms with Crippen LogP contribution in [0.15, 0.2) is 162 Å². The molecular formula is C44H26FNOS. The molecule has 10 aromatic rings. The van der Waals surface area contributed by atoms with Gasteiger partial charge in [-0.25, -0.2) is 4.39 Å². The zero-order valence-electron chi connectivity index (χ0n) is 25.7. The topological polar surface area (TPSA) is 16.4 Å². The molecule has 0 N–H and O–H groups in total. The van der Waals surface area contributed by atoms with E-state index in [4.69, 9.17) is 4.42 Å². The van der Waals surface area contributed by atoms with Crippen LogP contribution in [0, 0.1) is 5.82 Å². The van der Waals surface area contributed by atoms with E-state index in [1.807, 2.05) is 35.6 Å². The van der Waals surface area contributed by atoms with Gasteiger partial charge in [0.25, 0.3) is 0 Å². The number of para-hydroxylation sites is 1. The Morgan fingerprint density at radius 1 is 0.479 bits per heavy atom. The molecule has 226 valence electrons. The number of hydrogen-bond acceptors (Lipinski definition) is 3. The Kier molecular flexibility index (Phi) is 5.96. The van der Waals surface area contributed by atoms with Gasteiger partial charge in [0.2, 0.25) is 0 Å². The summed E-state index contributed by atoms with van der Waals surface area (Å²) < 4.78 is 23.2. The van der Waals surface area contributed by atoms with Gasteiger partial charge in [0.1, 0.15) is 17.0 Å². The van der Waals surface area contributed by atoms with Crippen LogP contribution in [0.2, 0.25) is 0 Å². The molecule has 0 saturated heterocycles. The first-order valence-corrected chi connectivity index (χ1v) is 16.8. The van der Waals surface area contributed by atoms with Crippen molar-refractivity contribution >= 4 is 92.1 Å². The molecule has 8 aromatic carbocycles. The molecule has 10 rings (SSSR count). The monoisotopic (exact) mass is 635 g/mol. The summed E-state index contributed by atoms with van der Waals surface area (Å²) in [5, 5.41) is 9.29. The van der Waals surface area contributed by atoms with Crippen molar-refractivity contribution in [1.82, 2.24) is 0 Å². The fraction of sp³-hybridized carbons (Fsp3) is 0. The van der Waals surface area contributed by atoms with Crippen molar-refractivity contribution in [3.63, 3.8) is 0 Å². The Bertz CT molecular complexity index is 2850. The molecule has 0 amide bonds. The molecule has 48 heavy (non-hydrogen) atoms. The highest BCUT2D eigenvalue weighted by atomic mass is 32.1. The summed E-state index contributed by atoms with van der Waals surface area (Å²) in [6.07, 6.45) is 0. The van der Waals surface area contributed by atoms with E-state index in [0.717, 1.165) is 66.3 Å². The molecule has 2 aromatic heterocycles. The first-order valence-electron chi connectivity index (χ1n) is 16.0. The summed E-state index contributed by atoms with van der Waals surface area (Å²) >= 11 is 1.83. The summed E-state index contributed by atoms with van der Waals surface area (Å²) in [5.41, 5.74) is 7.02. The van der Waals surface area contributed by atoms with E-state index in [-0.39, 0.29) is 5.82 Å². The van der Waals surface area contributed by atoms with Gasteiger partial charge in [-0.15, -0.1) is 11.3 Å². The molecule has 4 heteroatoms. The number of furan rings is 1. The summed E-state index contributed by atoms with van der Waals surface area (Å²) in [7, 11) is 0. The van der Waals surface area contributed by atoms with Crippen LogP contribution in [0.25, 0.3) is 74.8 Å². The zero-order chi connectivity index (χ0) is 31.8. The van der Waals surface area contributed by atoms with Crippen LogP contribution in [-0.4, -0.2) is 0 Å². The van der Waals surface area contributed by atoms with E-state index in [0.29, 0.717) is 0 Å². The van der Waals surface area contributed by atoms with Crippen molar-refractivity contribution in [3.05, 3.63) is 164 Å². The van der Waals surface area contributed by atoms with Crippen LogP contribution >= 0.6 is 11.3 Å². The van der Waals surface area contributed by atoms with Crippen LogP contribution in [-0.2, 0) is 0 Å². The number of thiophene rings is 1. The largest absolute Gasteiger partial charge is 0.455 e. The first-order chi connectivity index (χ1) is 23.7. The Morgan fingerprint density at radius 3 is 1.85 bits per heavy atom. The third-order valence-corrected chi connectivity index (χ3v) is 10.7. The van der Waals surface area contributed by atoms with Gasteiger partial charge in [0, 0.05) is 58.5 Å². The van der Waals surface area contributed by atoms with Crippen molar-refractivity contribution < 1.29 is 8.81 Å². The van der Waals surface area contributed by atoms with E-state index in [1.54, 1.807) is 0 Å². The number of anilines is 3. The van der Waals surface area contributed by atoms with Gasteiger partial charge in [-0.05, 0) is 77.2 Å². The minimum atomic E-state index is -0.257. The lowest BCUT2D eigenvalue weighted by molar-refractivity contribution is 0.628. The van der Waals surface area contributed by atoms with Gasteiger partial charge in [-0.1, -0.05) is 97.1 Å². The van der Waals surface area contributed by atoms with Crippen molar-refractivity contribution in [1.29, 1.82) is 0 Å². The molecule has 0 aliphatic carbocycles. The van der Waals surface area contributed by atoms with Crippen LogP contribution in [0.5, 0.6) is 0 Å². The second-order valence-electron chi connectivity index (χ2n) is 12.2. The van der Waals surface area contributed by atoms with Crippen LogP contribution < -0.4 is 4.90 Å². The van der Waals surface area contributed by atoms with Gasteiger partial charge in [-0.2, -0.15) is 0 Å². The third-order valence-electron chi connectivity index (χ3n) is 9.51. The molecule has 0 bridgehead atoms. The Morgan fingerprint density at radius 2 is 1.08 bits per heavy atom. The Labute approximate surface area is 279 Å². The molecular weight excluding hydrogens is 610 g/mol. The molecule has 0 aliphatic rings. The minimum absolute atomic E-state index is 0.257. The maximum absolute atomic E-state index is 14.3. The number of halogens is 1. The maximum Gasteiger partial charge on any atom is 0.143 e. The number of fused-ring (bicyclic) bond motifs is 10. The number of hydrogen-bond donors (Lipinski definition) is 0. The van der Waals surface area contributed by atoms with E-state index in [1.165, 1.54) is 37.7 Å². The number of benzene rings is 8. The molecule has 0 atom stereocenters. The Balaban J connectivity index is 1.20. The van der Waals surface area contributed by atoms with Crippen LogP contribution in [0.3, 0.4) is 0 Å². The second kappa shape index (κ2) is 10.5. The molecule has 0 fully saturated rings. The average Bonchev–Trinajstić information content (AvgIpc) is 3.71. The number of rotatable bonds is 4. The number of nitrogens with zero attached hydrogens (tertiary/aromatic N) is 1.